The van der Waals surface area contributed by atoms with Gasteiger partial charge in [0.15, 0.2) is 5.78 Å². The summed E-state index contributed by atoms with van der Waals surface area (Å²) < 4.78 is 7.30. The largest absolute Gasteiger partial charge is 0.497 e. The number of pyridine rings is 1. The van der Waals surface area contributed by atoms with Crippen molar-refractivity contribution in [3.05, 3.63) is 96.1 Å². The van der Waals surface area contributed by atoms with Gasteiger partial charge in [-0.25, -0.2) is 4.98 Å². The number of imidazole rings is 1. The van der Waals surface area contributed by atoms with Crippen molar-refractivity contribution in [2.75, 3.05) is 12.4 Å². The molecule has 1 atom stereocenters. The fourth-order valence-electron chi connectivity index (χ4n) is 3.85. The lowest BCUT2D eigenvalue weighted by molar-refractivity contribution is 0.0970. The van der Waals surface area contributed by atoms with Crippen LogP contribution in [-0.2, 0) is 0 Å². The van der Waals surface area contributed by atoms with Crippen LogP contribution in [0.25, 0.3) is 16.6 Å². The maximum atomic E-state index is 13.8. The minimum atomic E-state index is -0.661. The molecule has 0 aliphatic rings. The van der Waals surface area contributed by atoms with Crippen LogP contribution in [0.5, 0.6) is 5.75 Å². The molecule has 6 heteroatoms. The quantitative estimate of drug-likeness (QED) is 0.379. The average molecular weight is 410 g/mol. The second-order valence-electron chi connectivity index (χ2n) is 7.56. The number of carbonyl (C=O) groups is 1. The van der Waals surface area contributed by atoms with Crippen LogP contribution in [0.2, 0.25) is 0 Å². The van der Waals surface area contributed by atoms with Gasteiger partial charge in [0.1, 0.15) is 17.4 Å². The third kappa shape index (κ3) is 3.53. The zero-order chi connectivity index (χ0) is 21.4. The van der Waals surface area contributed by atoms with Gasteiger partial charge in [-0.2, -0.15) is 0 Å². The Labute approximate surface area is 179 Å². The van der Waals surface area contributed by atoms with Crippen molar-refractivity contribution < 1.29 is 9.53 Å². The minimum Gasteiger partial charge on any atom is -0.497 e. The van der Waals surface area contributed by atoms with Crippen LogP contribution in [0.4, 0.5) is 5.69 Å². The van der Waals surface area contributed by atoms with Crippen LogP contribution in [0, 0.1) is 6.92 Å². The summed E-state index contributed by atoms with van der Waals surface area (Å²) in [5.74, 6) is 0.661. The number of hydrogen-bond donors (Lipinski definition) is 2. The third-order valence-corrected chi connectivity index (χ3v) is 5.41. The molecule has 6 nitrogen and oxygen atoms in total. The first-order chi connectivity index (χ1) is 15.1. The molecule has 2 N–H and O–H groups in total. The number of Topliss-reactive ketones (excluding diaryl/α,β-unsaturated/α-hetero) is 1. The number of hydrogen-bond acceptors (Lipinski definition) is 4. The number of methoxy groups -OCH3 is 1. The van der Waals surface area contributed by atoms with Crippen molar-refractivity contribution in [3.63, 3.8) is 0 Å². The highest BCUT2D eigenvalue weighted by Gasteiger charge is 2.27. The smallest absolute Gasteiger partial charge is 0.193 e. The van der Waals surface area contributed by atoms with Crippen molar-refractivity contribution in [1.82, 2.24) is 14.4 Å². The molecule has 0 radical (unpaired) electrons. The molecule has 0 fully saturated rings. The van der Waals surface area contributed by atoms with Gasteiger partial charge >= 0.3 is 0 Å². The normalized spacial score (nSPS) is 12.2. The molecular formula is C25H22N4O2. The van der Waals surface area contributed by atoms with Gasteiger partial charge in [-0.1, -0.05) is 30.3 Å². The second-order valence-corrected chi connectivity index (χ2v) is 7.56. The molecule has 5 rings (SSSR count). The number of aromatic nitrogens is 3. The minimum absolute atomic E-state index is 0.0552. The molecule has 3 aromatic heterocycles. The molecule has 2 aromatic carbocycles. The van der Waals surface area contributed by atoms with Gasteiger partial charge in [0, 0.05) is 46.8 Å². The van der Waals surface area contributed by atoms with E-state index in [1.54, 1.807) is 13.3 Å². The molecule has 0 amide bonds. The van der Waals surface area contributed by atoms with Gasteiger partial charge in [-0.15, -0.1) is 0 Å². The molecule has 31 heavy (non-hydrogen) atoms. The number of anilines is 1. The predicted octanol–water partition coefficient (Wildman–Crippen LogP) is 5.17. The van der Waals surface area contributed by atoms with Gasteiger partial charge in [-0.3, -0.25) is 4.79 Å². The van der Waals surface area contributed by atoms with Crippen LogP contribution in [0.3, 0.4) is 0 Å². The Kier molecular flexibility index (Phi) is 4.67. The number of ether oxygens (including phenoxy) is 1. The summed E-state index contributed by atoms with van der Waals surface area (Å²) in [7, 11) is 1.62. The summed E-state index contributed by atoms with van der Waals surface area (Å²) in [6, 6.07) is 18.7. The Hall–Kier alpha value is -4.06. The van der Waals surface area contributed by atoms with Crippen LogP contribution < -0.4 is 10.1 Å². The van der Waals surface area contributed by atoms with E-state index in [1.165, 1.54) is 0 Å². The van der Waals surface area contributed by atoms with Crippen molar-refractivity contribution in [3.8, 4) is 5.75 Å². The number of carbonyl (C=O) groups excluding carboxylic acids is 1. The number of ketones is 1. The molecule has 1 unspecified atom stereocenters. The van der Waals surface area contributed by atoms with Crippen molar-refractivity contribution in [2.45, 2.75) is 13.0 Å². The summed E-state index contributed by atoms with van der Waals surface area (Å²) in [6.45, 7) is 2.03. The van der Waals surface area contributed by atoms with E-state index in [-0.39, 0.29) is 5.78 Å². The molecule has 0 saturated heterocycles. The molecule has 3 heterocycles. The number of nitrogens with zero attached hydrogens (tertiary/aromatic N) is 2. The summed E-state index contributed by atoms with van der Waals surface area (Å²) in [5.41, 5.74) is 4.91. The number of fused-ring (bicyclic) bond motifs is 2. The number of rotatable bonds is 6. The molecule has 5 aromatic rings. The van der Waals surface area contributed by atoms with Crippen LogP contribution >= 0.6 is 0 Å². The molecule has 0 aliphatic carbocycles. The fourth-order valence-corrected chi connectivity index (χ4v) is 3.85. The lowest BCUT2D eigenvalue weighted by Gasteiger charge is -2.17. The zero-order valence-electron chi connectivity index (χ0n) is 17.3. The number of aromatic amines is 1. The SMILES string of the molecule is COc1cccc(NC(C(=O)c2c[nH]c3ccccc23)c2cn3cc(C)ccc3n2)c1. The van der Waals surface area contributed by atoms with E-state index in [9.17, 15) is 4.79 Å². The maximum Gasteiger partial charge on any atom is 0.193 e. The highest BCUT2D eigenvalue weighted by molar-refractivity contribution is 6.11. The van der Waals surface area contributed by atoms with Crippen LogP contribution in [0.15, 0.2) is 79.3 Å². The summed E-state index contributed by atoms with van der Waals surface area (Å²) in [5, 5.41) is 4.27. The summed E-state index contributed by atoms with van der Waals surface area (Å²) >= 11 is 0. The summed E-state index contributed by atoms with van der Waals surface area (Å²) in [6.07, 6.45) is 5.69. The first-order valence-corrected chi connectivity index (χ1v) is 10.1. The van der Waals surface area contributed by atoms with Crippen LogP contribution in [0.1, 0.15) is 27.7 Å². The monoisotopic (exact) mass is 410 g/mol. The van der Waals surface area contributed by atoms with Crippen molar-refractivity contribution >= 4 is 28.0 Å². The van der Waals surface area contributed by atoms with E-state index in [2.05, 4.69) is 10.3 Å². The second kappa shape index (κ2) is 7.65. The van der Waals surface area contributed by atoms with Gasteiger partial charge in [0.25, 0.3) is 0 Å². The Morgan fingerprint density at radius 3 is 2.84 bits per heavy atom. The van der Waals surface area contributed by atoms with Crippen molar-refractivity contribution in [2.24, 2.45) is 0 Å². The highest BCUT2D eigenvalue weighted by atomic mass is 16.5. The van der Waals surface area contributed by atoms with Gasteiger partial charge in [0.2, 0.25) is 0 Å². The average Bonchev–Trinajstić information content (AvgIpc) is 3.41. The highest BCUT2D eigenvalue weighted by Crippen LogP contribution is 2.29. The number of benzene rings is 2. The molecule has 0 saturated carbocycles. The predicted molar refractivity (Wildman–Crippen MR) is 122 cm³/mol. The first kappa shape index (κ1) is 18.9. The van der Waals surface area contributed by atoms with E-state index < -0.39 is 6.04 Å². The van der Waals surface area contributed by atoms with E-state index in [0.717, 1.165) is 27.8 Å². The first-order valence-electron chi connectivity index (χ1n) is 10.1. The number of nitrogens with one attached hydrogen (secondary N) is 2. The van der Waals surface area contributed by atoms with E-state index >= 15 is 0 Å². The Morgan fingerprint density at radius 1 is 1.10 bits per heavy atom. The molecule has 0 aliphatic heterocycles. The number of para-hydroxylation sites is 1. The fraction of sp³-hybridized carbons (Fsp3) is 0.120. The number of aryl methyl sites for hydroxylation is 1. The van der Waals surface area contributed by atoms with Crippen molar-refractivity contribution in [1.29, 1.82) is 0 Å². The number of H-pyrrole nitrogens is 1. The molecule has 0 bridgehead atoms. The standard InChI is InChI=1S/C25H22N4O2/c1-16-10-11-23-28-22(15-29(23)14-16)24(27-17-6-5-7-18(12-17)31-2)25(30)20-13-26-21-9-4-3-8-19(20)21/h3-15,24,26-27H,1-2H3. The lowest BCUT2D eigenvalue weighted by atomic mass is 10.0. The maximum absolute atomic E-state index is 13.8. The summed E-state index contributed by atoms with van der Waals surface area (Å²) in [4.78, 5) is 21.7. The van der Waals surface area contributed by atoms with E-state index in [1.807, 2.05) is 84.4 Å². The topological polar surface area (TPSA) is 71.4 Å². The Bertz CT molecular complexity index is 1400. The molecule has 154 valence electrons. The van der Waals surface area contributed by atoms with E-state index in [0.29, 0.717) is 17.0 Å². The van der Waals surface area contributed by atoms with Gasteiger partial charge < -0.3 is 19.4 Å². The Balaban J connectivity index is 1.61. The van der Waals surface area contributed by atoms with Gasteiger partial charge in [-0.05, 0) is 36.8 Å². The molecular weight excluding hydrogens is 388 g/mol. The third-order valence-electron chi connectivity index (χ3n) is 5.41. The van der Waals surface area contributed by atoms with Gasteiger partial charge in [0.05, 0.1) is 12.8 Å². The lowest BCUT2D eigenvalue weighted by Crippen LogP contribution is -2.21. The van der Waals surface area contributed by atoms with E-state index in [4.69, 9.17) is 9.72 Å². The Morgan fingerprint density at radius 2 is 1.97 bits per heavy atom. The van der Waals surface area contributed by atoms with Crippen LogP contribution in [-0.4, -0.2) is 27.3 Å². The molecule has 0 spiro atoms. The zero-order valence-corrected chi connectivity index (χ0v) is 17.3.